The third-order valence-corrected chi connectivity index (χ3v) is 4.13. The van der Waals surface area contributed by atoms with Crippen molar-refractivity contribution in [3.63, 3.8) is 0 Å². The summed E-state index contributed by atoms with van der Waals surface area (Å²) in [5.41, 5.74) is 0. The number of rotatable bonds is 1. The van der Waals surface area contributed by atoms with Gasteiger partial charge in [-0.05, 0) is 12.8 Å². The summed E-state index contributed by atoms with van der Waals surface area (Å²) in [4.78, 5) is 0. The molecule has 0 amide bonds. The first-order valence-electron chi connectivity index (χ1n) is 6.38. The van der Waals surface area contributed by atoms with E-state index in [2.05, 4.69) is 13.5 Å². The Bertz CT molecular complexity index is 283. The Balaban J connectivity index is 1.73. The zero-order valence-corrected chi connectivity index (χ0v) is 9.85. The minimum absolute atomic E-state index is 0.0796. The van der Waals surface area contributed by atoms with Crippen LogP contribution >= 0.6 is 0 Å². The topological polar surface area (TPSA) is 27.7 Å². The molecule has 0 unspecified atom stereocenters. The molecule has 16 heavy (non-hydrogen) atoms. The quantitative estimate of drug-likeness (QED) is 0.641. The van der Waals surface area contributed by atoms with Crippen molar-refractivity contribution >= 4 is 0 Å². The van der Waals surface area contributed by atoms with Gasteiger partial charge in [0.2, 0.25) is 0 Å². The van der Waals surface area contributed by atoms with Gasteiger partial charge in [0.15, 0.2) is 12.1 Å². The Labute approximate surface area is 96.8 Å². The van der Waals surface area contributed by atoms with Crippen LogP contribution in [0.2, 0.25) is 0 Å². The smallest absolute Gasteiger partial charge is 0.188 e. The van der Waals surface area contributed by atoms with E-state index < -0.39 is 0 Å². The molecule has 3 rings (SSSR count). The van der Waals surface area contributed by atoms with Crippen molar-refractivity contribution in [2.45, 2.75) is 63.3 Å². The predicted octanol–water partition coefficient (Wildman–Crippen LogP) is 2.61. The van der Waals surface area contributed by atoms with Crippen LogP contribution in [0.3, 0.4) is 0 Å². The van der Waals surface area contributed by atoms with Crippen LogP contribution in [0, 0.1) is 5.92 Å². The molecule has 3 fully saturated rings. The van der Waals surface area contributed by atoms with Crippen LogP contribution < -0.4 is 0 Å². The average molecular weight is 224 g/mol. The lowest BCUT2D eigenvalue weighted by atomic mass is 9.94. The summed E-state index contributed by atoms with van der Waals surface area (Å²) >= 11 is 0. The molecule has 2 heterocycles. The van der Waals surface area contributed by atoms with E-state index >= 15 is 0 Å². The molecule has 3 heteroatoms. The molecule has 90 valence electrons. The molecule has 1 spiro atoms. The van der Waals surface area contributed by atoms with Crippen molar-refractivity contribution in [3.05, 3.63) is 12.7 Å². The normalized spacial score (nSPS) is 45.8. The lowest BCUT2D eigenvalue weighted by Gasteiger charge is -2.33. The maximum absolute atomic E-state index is 6.16. The third kappa shape index (κ3) is 1.53. The van der Waals surface area contributed by atoms with Gasteiger partial charge < -0.3 is 14.2 Å². The molecule has 0 aromatic carbocycles. The van der Waals surface area contributed by atoms with Gasteiger partial charge in [0, 0.05) is 18.8 Å². The summed E-state index contributed by atoms with van der Waals surface area (Å²) < 4.78 is 18.0. The van der Waals surface area contributed by atoms with E-state index in [1.165, 1.54) is 19.3 Å². The average Bonchev–Trinajstić information content (AvgIpc) is 2.77. The molecule has 0 radical (unpaired) electrons. The Morgan fingerprint density at radius 1 is 1.19 bits per heavy atom. The van der Waals surface area contributed by atoms with Crippen LogP contribution in [-0.4, -0.2) is 24.3 Å². The number of hydrogen-bond donors (Lipinski definition) is 0. The van der Waals surface area contributed by atoms with Gasteiger partial charge in [-0.3, -0.25) is 0 Å². The zero-order chi connectivity index (χ0) is 11.2. The van der Waals surface area contributed by atoms with Gasteiger partial charge >= 0.3 is 0 Å². The van der Waals surface area contributed by atoms with E-state index in [9.17, 15) is 0 Å². The maximum atomic E-state index is 6.16. The summed E-state index contributed by atoms with van der Waals surface area (Å²) in [5, 5.41) is 0. The van der Waals surface area contributed by atoms with Gasteiger partial charge in [-0.1, -0.05) is 19.4 Å². The Hall–Kier alpha value is -0.380. The zero-order valence-electron chi connectivity index (χ0n) is 9.85. The molecule has 4 atom stereocenters. The minimum Gasteiger partial charge on any atom is -0.342 e. The van der Waals surface area contributed by atoms with E-state index in [4.69, 9.17) is 14.2 Å². The molecule has 0 aromatic rings. The lowest BCUT2D eigenvalue weighted by molar-refractivity contribution is -0.237. The summed E-state index contributed by atoms with van der Waals surface area (Å²) in [6.45, 7) is 5.94. The van der Waals surface area contributed by atoms with Crippen molar-refractivity contribution < 1.29 is 14.2 Å². The van der Waals surface area contributed by atoms with Crippen LogP contribution in [0.1, 0.15) is 39.0 Å². The molecular formula is C13H20O3. The summed E-state index contributed by atoms with van der Waals surface area (Å²) in [6.07, 6.45) is 7.62. The maximum Gasteiger partial charge on any atom is 0.188 e. The van der Waals surface area contributed by atoms with Crippen LogP contribution in [0.15, 0.2) is 12.7 Å². The van der Waals surface area contributed by atoms with Gasteiger partial charge in [-0.15, -0.1) is 6.58 Å². The number of ether oxygens (including phenoxy) is 3. The van der Waals surface area contributed by atoms with Gasteiger partial charge in [0.25, 0.3) is 0 Å². The van der Waals surface area contributed by atoms with Crippen LogP contribution in [0.4, 0.5) is 0 Å². The van der Waals surface area contributed by atoms with E-state index in [1.54, 1.807) is 0 Å². The lowest BCUT2D eigenvalue weighted by Crippen LogP contribution is -2.36. The molecule has 3 nitrogen and oxygen atoms in total. The first kappa shape index (κ1) is 10.8. The monoisotopic (exact) mass is 224 g/mol. The SMILES string of the molecule is C=C[C@H]1O[C@@H]2OC3(CCCCC3)O[C@@H]2[C@@H]1C. The van der Waals surface area contributed by atoms with Crippen LogP contribution in [0.25, 0.3) is 0 Å². The Morgan fingerprint density at radius 2 is 1.94 bits per heavy atom. The summed E-state index contributed by atoms with van der Waals surface area (Å²) in [7, 11) is 0. The first-order chi connectivity index (χ1) is 7.74. The van der Waals surface area contributed by atoms with Gasteiger partial charge in [-0.25, -0.2) is 0 Å². The molecule has 2 aliphatic heterocycles. The number of hydrogen-bond acceptors (Lipinski definition) is 3. The largest absolute Gasteiger partial charge is 0.342 e. The van der Waals surface area contributed by atoms with Crippen molar-refractivity contribution in [2.24, 2.45) is 5.92 Å². The predicted molar refractivity (Wildman–Crippen MR) is 59.8 cm³/mol. The van der Waals surface area contributed by atoms with Crippen LogP contribution in [0.5, 0.6) is 0 Å². The van der Waals surface area contributed by atoms with Crippen molar-refractivity contribution in [2.75, 3.05) is 0 Å². The highest BCUT2D eigenvalue weighted by Crippen LogP contribution is 2.46. The van der Waals surface area contributed by atoms with Crippen molar-refractivity contribution in [1.82, 2.24) is 0 Å². The summed E-state index contributed by atoms with van der Waals surface area (Å²) in [5.74, 6) is 0.0253. The second-order valence-electron chi connectivity index (χ2n) is 5.24. The highest BCUT2D eigenvalue weighted by Gasteiger charge is 2.55. The van der Waals surface area contributed by atoms with Crippen LogP contribution in [-0.2, 0) is 14.2 Å². The second-order valence-corrected chi connectivity index (χ2v) is 5.24. The molecule has 2 saturated heterocycles. The minimum atomic E-state index is -0.325. The molecule has 3 aliphatic rings. The Morgan fingerprint density at radius 3 is 2.56 bits per heavy atom. The molecule has 1 aliphatic carbocycles. The number of fused-ring (bicyclic) bond motifs is 1. The van der Waals surface area contributed by atoms with Gasteiger partial charge in [-0.2, -0.15) is 0 Å². The van der Waals surface area contributed by atoms with Gasteiger partial charge in [0.1, 0.15) is 6.10 Å². The molecule has 1 saturated carbocycles. The van der Waals surface area contributed by atoms with E-state index in [0.717, 1.165) is 12.8 Å². The Kier molecular flexibility index (Phi) is 2.57. The summed E-state index contributed by atoms with van der Waals surface area (Å²) in [6, 6.07) is 0. The van der Waals surface area contributed by atoms with Gasteiger partial charge in [0.05, 0.1) is 6.10 Å². The molecule has 0 aromatic heterocycles. The fourth-order valence-corrected chi connectivity index (χ4v) is 3.13. The highest BCUT2D eigenvalue weighted by molar-refractivity contribution is 4.99. The molecular weight excluding hydrogens is 204 g/mol. The van der Waals surface area contributed by atoms with Crippen molar-refractivity contribution in [1.29, 1.82) is 0 Å². The standard InChI is InChI=1S/C13H20O3/c1-3-10-9(2)11-12(14-10)16-13(15-11)7-5-4-6-8-13/h3,9-12H,1,4-8H2,2H3/t9-,10-,11-,12-/m1/s1. The third-order valence-electron chi connectivity index (χ3n) is 4.13. The molecule has 0 N–H and O–H groups in total. The van der Waals surface area contributed by atoms with E-state index in [0.29, 0.717) is 5.92 Å². The fraction of sp³-hybridized carbons (Fsp3) is 0.846. The molecule has 0 bridgehead atoms. The van der Waals surface area contributed by atoms with E-state index in [1.807, 2.05) is 6.08 Å². The first-order valence-corrected chi connectivity index (χ1v) is 6.38. The fourth-order valence-electron chi connectivity index (χ4n) is 3.13. The van der Waals surface area contributed by atoms with Crippen molar-refractivity contribution in [3.8, 4) is 0 Å². The highest BCUT2D eigenvalue weighted by atomic mass is 16.8. The van der Waals surface area contributed by atoms with E-state index in [-0.39, 0.29) is 24.3 Å². The second kappa shape index (κ2) is 3.83.